The van der Waals surface area contributed by atoms with E-state index in [0.717, 1.165) is 50.3 Å². The molecule has 150 valence electrons. The summed E-state index contributed by atoms with van der Waals surface area (Å²) in [6, 6.07) is 16.1. The zero-order chi connectivity index (χ0) is 20.1. The van der Waals surface area contributed by atoms with E-state index in [1.807, 2.05) is 6.07 Å². The number of aromatic nitrogens is 2. The lowest BCUT2D eigenvalue weighted by Crippen LogP contribution is -2.34. The maximum atomic E-state index is 13.8. The highest BCUT2D eigenvalue weighted by atomic mass is 32.2. The van der Waals surface area contributed by atoms with Crippen LogP contribution in [0.5, 0.6) is 0 Å². The van der Waals surface area contributed by atoms with Crippen LogP contribution in [-0.4, -0.2) is 23.1 Å². The molecule has 0 atom stereocenters. The Bertz CT molecular complexity index is 944. The predicted octanol–water partition coefficient (Wildman–Crippen LogP) is 5.51. The zero-order valence-electron chi connectivity index (χ0n) is 16.1. The van der Waals surface area contributed by atoms with E-state index in [4.69, 9.17) is 0 Å². The minimum atomic E-state index is -0.435. The van der Waals surface area contributed by atoms with Gasteiger partial charge in [-0.25, -0.2) is 18.7 Å². The SMILES string of the molecule is Fc1ccc(F)c(CSc2nccc(N3CCC(Cc4ccccc4)CC3)n2)c1. The standard InChI is InChI=1S/C23H23F2N3S/c24-20-6-7-21(25)19(15-20)16-29-23-26-11-8-22(27-23)28-12-9-18(10-13-28)14-17-4-2-1-3-5-17/h1-8,11,15,18H,9-10,12-14,16H2. The fraction of sp³-hybridized carbons (Fsp3) is 0.304. The average molecular weight is 412 g/mol. The van der Waals surface area contributed by atoms with Crippen LogP contribution in [0, 0.1) is 17.6 Å². The van der Waals surface area contributed by atoms with Crippen LogP contribution in [0.25, 0.3) is 0 Å². The lowest BCUT2D eigenvalue weighted by molar-refractivity contribution is 0.402. The summed E-state index contributed by atoms with van der Waals surface area (Å²) in [4.78, 5) is 11.2. The Morgan fingerprint density at radius 3 is 2.59 bits per heavy atom. The van der Waals surface area contributed by atoms with Crippen molar-refractivity contribution in [2.75, 3.05) is 18.0 Å². The molecule has 0 saturated carbocycles. The predicted molar refractivity (Wildman–Crippen MR) is 113 cm³/mol. The van der Waals surface area contributed by atoms with E-state index in [0.29, 0.717) is 22.4 Å². The number of piperidine rings is 1. The number of hydrogen-bond donors (Lipinski definition) is 0. The quantitative estimate of drug-likeness (QED) is 0.395. The van der Waals surface area contributed by atoms with Gasteiger partial charge < -0.3 is 4.90 Å². The summed E-state index contributed by atoms with van der Waals surface area (Å²) in [5.74, 6) is 1.05. The van der Waals surface area contributed by atoms with Crippen molar-refractivity contribution in [1.29, 1.82) is 0 Å². The smallest absolute Gasteiger partial charge is 0.189 e. The Morgan fingerprint density at radius 2 is 1.79 bits per heavy atom. The number of rotatable bonds is 6. The van der Waals surface area contributed by atoms with Crippen molar-refractivity contribution in [2.24, 2.45) is 5.92 Å². The molecule has 0 radical (unpaired) electrons. The largest absolute Gasteiger partial charge is 0.356 e. The van der Waals surface area contributed by atoms with Crippen LogP contribution in [0.3, 0.4) is 0 Å². The molecule has 2 aromatic carbocycles. The van der Waals surface area contributed by atoms with Gasteiger partial charge in [-0.05, 0) is 55.0 Å². The molecule has 1 aliphatic heterocycles. The Balaban J connectivity index is 1.34. The van der Waals surface area contributed by atoms with E-state index in [9.17, 15) is 8.78 Å². The first kappa shape index (κ1) is 19.8. The van der Waals surface area contributed by atoms with Crippen LogP contribution < -0.4 is 4.90 Å². The maximum Gasteiger partial charge on any atom is 0.189 e. The van der Waals surface area contributed by atoms with E-state index in [1.54, 1.807) is 6.20 Å². The van der Waals surface area contributed by atoms with Gasteiger partial charge in [0.1, 0.15) is 17.5 Å². The lowest BCUT2D eigenvalue weighted by atomic mass is 9.90. The first-order valence-corrected chi connectivity index (χ1v) is 10.8. The molecule has 0 N–H and O–H groups in total. The zero-order valence-corrected chi connectivity index (χ0v) is 16.9. The number of benzene rings is 2. The second kappa shape index (κ2) is 9.35. The topological polar surface area (TPSA) is 29.0 Å². The van der Waals surface area contributed by atoms with E-state index in [-0.39, 0.29) is 0 Å². The van der Waals surface area contributed by atoms with Gasteiger partial charge in [0.25, 0.3) is 0 Å². The summed E-state index contributed by atoms with van der Waals surface area (Å²) in [6.45, 7) is 1.94. The molecule has 1 aromatic heterocycles. The van der Waals surface area contributed by atoms with Crippen molar-refractivity contribution >= 4 is 17.6 Å². The van der Waals surface area contributed by atoms with E-state index >= 15 is 0 Å². The van der Waals surface area contributed by atoms with Crippen LogP contribution in [0.4, 0.5) is 14.6 Å². The normalized spacial score (nSPS) is 14.9. The third kappa shape index (κ3) is 5.32. The number of thioether (sulfide) groups is 1. The van der Waals surface area contributed by atoms with Gasteiger partial charge in [-0.1, -0.05) is 42.1 Å². The van der Waals surface area contributed by atoms with Gasteiger partial charge in [-0.2, -0.15) is 0 Å². The van der Waals surface area contributed by atoms with E-state index in [1.165, 1.54) is 23.4 Å². The van der Waals surface area contributed by atoms with Crippen LogP contribution in [-0.2, 0) is 12.2 Å². The average Bonchev–Trinajstić information content (AvgIpc) is 2.76. The molecule has 0 spiro atoms. The van der Waals surface area contributed by atoms with Gasteiger partial charge in [0, 0.05) is 30.6 Å². The molecule has 1 saturated heterocycles. The number of anilines is 1. The molecular formula is C23H23F2N3S. The maximum absolute atomic E-state index is 13.8. The van der Waals surface area contributed by atoms with Gasteiger partial charge >= 0.3 is 0 Å². The molecule has 1 aliphatic rings. The van der Waals surface area contributed by atoms with Crippen molar-refractivity contribution in [3.05, 3.63) is 83.6 Å². The number of halogens is 2. The highest BCUT2D eigenvalue weighted by Gasteiger charge is 2.21. The summed E-state index contributed by atoms with van der Waals surface area (Å²) in [6.07, 6.45) is 5.13. The van der Waals surface area contributed by atoms with Crippen LogP contribution >= 0.6 is 11.8 Å². The lowest BCUT2D eigenvalue weighted by Gasteiger charge is -2.33. The molecular weight excluding hydrogens is 388 g/mol. The van der Waals surface area contributed by atoms with Crippen molar-refractivity contribution < 1.29 is 8.78 Å². The molecule has 29 heavy (non-hydrogen) atoms. The fourth-order valence-corrected chi connectivity index (χ4v) is 4.49. The van der Waals surface area contributed by atoms with Gasteiger partial charge in [0.15, 0.2) is 5.16 Å². The van der Waals surface area contributed by atoms with Gasteiger partial charge in [0.05, 0.1) is 0 Å². The summed E-state index contributed by atoms with van der Waals surface area (Å²) in [5.41, 5.74) is 1.72. The van der Waals surface area contributed by atoms with Gasteiger partial charge in [-0.3, -0.25) is 0 Å². The Kier molecular flexibility index (Phi) is 6.39. The number of nitrogens with zero attached hydrogens (tertiary/aromatic N) is 3. The summed E-state index contributed by atoms with van der Waals surface area (Å²) >= 11 is 1.32. The van der Waals surface area contributed by atoms with Crippen LogP contribution in [0.1, 0.15) is 24.0 Å². The molecule has 0 amide bonds. The molecule has 3 aromatic rings. The molecule has 0 unspecified atom stereocenters. The van der Waals surface area contributed by atoms with Crippen LogP contribution in [0.15, 0.2) is 66.0 Å². The third-order valence-electron chi connectivity index (χ3n) is 5.29. The second-order valence-electron chi connectivity index (χ2n) is 7.34. The molecule has 2 heterocycles. The minimum Gasteiger partial charge on any atom is -0.356 e. The van der Waals surface area contributed by atoms with Crippen molar-refractivity contribution in [1.82, 2.24) is 9.97 Å². The molecule has 1 fully saturated rings. The first-order valence-electron chi connectivity index (χ1n) is 9.86. The highest BCUT2D eigenvalue weighted by Crippen LogP contribution is 2.27. The summed E-state index contributed by atoms with van der Waals surface area (Å²) < 4.78 is 27.1. The molecule has 0 bridgehead atoms. The van der Waals surface area contributed by atoms with Crippen molar-refractivity contribution in [3.63, 3.8) is 0 Å². The van der Waals surface area contributed by atoms with Gasteiger partial charge in [0.2, 0.25) is 0 Å². The number of hydrogen-bond acceptors (Lipinski definition) is 4. The fourth-order valence-electron chi connectivity index (χ4n) is 3.69. The van der Waals surface area contributed by atoms with Crippen molar-refractivity contribution in [3.8, 4) is 0 Å². The molecule has 4 rings (SSSR count). The first-order chi connectivity index (χ1) is 14.2. The molecule has 0 aliphatic carbocycles. The second-order valence-corrected chi connectivity index (χ2v) is 8.28. The van der Waals surface area contributed by atoms with E-state index < -0.39 is 11.6 Å². The summed E-state index contributed by atoms with van der Waals surface area (Å²) in [7, 11) is 0. The molecule has 3 nitrogen and oxygen atoms in total. The van der Waals surface area contributed by atoms with E-state index in [2.05, 4.69) is 45.2 Å². The summed E-state index contributed by atoms with van der Waals surface area (Å²) in [5, 5.41) is 0.581. The Hall–Kier alpha value is -2.47. The minimum absolute atomic E-state index is 0.298. The molecule has 6 heteroatoms. The Morgan fingerprint density at radius 1 is 1.00 bits per heavy atom. The van der Waals surface area contributed by atoms with Gasteiger partial charge in [-0.15, -0.1) is 0 Å². The monoisotopic (exact) mass is 411 g/mol. The Labute approximate surface area is 174 Å². The highest BCUT2D eigenvalue weighted by molar-refractivity contribution is 7.98. The van der Waals surface area contributed by atoms with Crippen LogP contribution in [0.2, 0.25) is 0 Å². The third-order valence-corrected chi connectivity index (χ3v) is 6.20. The van der Waals surface area contributed by atoms with Crippen molar-refractivity contribution in [2.45, 2.75) is 30.2 Å².